The van der Waals surface area contributed by atoms with Crippen LogP contribution in [0.4, 0.5) is 4.79 Å². The van der Waals surface area contributed by atoms with Gasteiger partial charge in [0.05, 0.1) is 18.6 Å². The molecular weight excluding hydrogens is 284 g/mol. The van der Waals surface area contributed by atoms with Crippen molar-refractivity contribution in [1.29, 1.82) is 0 Å². The van der Waals surface area contributed by atoms with Gasteiger partial charge in [-0.3, -0.25) is 4.79 Å². The second-order valence-corrected chi connectivity index (χ2v) is 5.65. The third-order valence-corrected chi connectivity index (χ3v) is 4.10. The highest BCUT2D eigenvalue weighted by molar-refractivity contribution is 5.75. The van der Waals surface area contributed by atoms with E-state index in [1.807, 2.05) is 30.3 Å². The smallest absolute Gasteiger partial charge is 0.315 e. The third kappa shape index (κ3) is 4.46. The first kappa shape index (κ1) is 16.3. The normalized spacial score (nSPS) is 22.6. The molecule has 1 fully saturated rings. The Labute approximate surface area is 129 Å². The maximum absolute atomic E-state index is 12.0. The van der Waals surface area contributed by atoms with Crippen molar-refractivity contribution in [1.82, 2.24) is 10.6 Å². The first-order valence-corrected chi connectivity index (χ1v) is 7.55. The van der Waals surface area contributed by atoms with Gasteiger partial charge in [0.2, 0.25) is 0 Å². The maximum atomic E-state index is 12.0. The monoisotopic (exact) mass is 306 g/mol. The van der Waals surface area contributed by atoms with Gasteiger partial charge in [0.25, 0.3) is 0 Å². The van der Waals surface area contributed by atoms with Crippen LogP contribution in [0.25, 0.3) is 0 Å². The number of carbonyl (C=O) groups is 2. The number of urea groups is 1. The SMILES string of the molecule is O=C(NC1CCC(C(=O)O)CC1)NC(CO)c1ccccc1. The van der Waals surface area contributed by atoms with Gasteiger partial charge in [-0.1, -0.05) is 30.3 Å². The lowest BCUT2D eigenvalue weighted by molar-refractivity contribution is -0.142. The van der Waals surface area contributed by atoms with Crippen LogP contribution in [0.3, 0.4) is 0 Å². The highest BCUT2D eigenvalue weighted by atomic mass is 16.4. The Morgan fingerprint density at radius 2 is 1.77 bits per heavy atom. The fraction of sp³-hybridized carbons (Fsp3) is 0.500. The van der Waals surface area contributed by atoms with Crippen molar-refractivity contribution in [3.63, 3.8) is 0 Å². The van der Waals surface area contributed by atoms with Crippen LogP contribution in [-0.4, -0.2) is 34.9 Å². The second kappa shape index (κ2) is 7.79. The number of aliphatic carboxylic acids is 1. The number of nitrogens with one attached hydrogen (secondary N) is 2. The Morgan fingerprint density at radius 3 is 2.32 bits per heavy atom. The van der Waals surface area contributed by atoms with Crippen molar-refractivity contribution in [2.24, 2.45) is 5.92 Å². The Bertz CT molecular complexity index is 498. The molecule has 1 aliphatic carbocycles. The lowest BCUT2D eigenvalue weighted by atomic mass is 9.86. The summed E-state index contributed by atoms with van der Waals surface area (Å²) in [6.07, 6.45) is 2.50. The molecule has 2 rings (SSSR count). The summed E-state index contributed by atoms with van der Waals surface area (Å²) in [5.41, 5.74) is 0.842. The summed E-state index contributed by atoms with van der Waals surface area (Å²) in [7, 11) is 0. The number of carboxylic acid groups (broad SMARTS) is 1. The third-order valence-electron chi connectivity index (χ3n) is 4.10. The van der Waals surface area contributed by atoms with Gasteiger partial charge in [-0.25, -0.2) is 4.79 Å². The predicted octanol–water partition coefficient (Wildman–Crippen LogP) is 1.66. The predicted molar refractivity (Wildman–Crippen MR) is 81.3 cm³/mol. The molecule has 22 heavy (non-hydrogen) atoms. The van der Waals surface area contributed by atoms with Crippen LogP contribution in [-0.2, 0) is 4.79 Å². The molecule has 1 aliphatic rings. The van der Waals surface area contributed by atoms with Crippen LogP contribution in [0.1, 0.15) is 37.3 Å². The molecular formula is C16H22N2O4. The molecule has 0 aromatic heterocycles. The van der Waals surface area contributed by atoms with E-state index in [2.05, 4.69) is 10.6 Å². The van der Waals surface area contributed by atoms with Gasteiger partial charge in [0, 0.05) is 6.04 Å². The summed E-state index contributed by atoms with van der Waals surface area (Å²) < 4.78 is 0. The van der Waals surface area contributed by atoms with Gasteiger partial charge < -0.3 is 20.8 Å². The minimum absolute atomic E-state index is 0.00860. The van der Waals surface area contributed by atoms with E-state index < -0.39 is 12.0 Å². The summed E-state index contributed by atoms with van der Waals surface area (Å²) in [4.78, 5) is 22.9. The lowest BCUT2D eigenvalue weighted by Gasteiger charge is -2.27. The second-order valence-electron chi connectivity index (χ2n) is 5.65. The molecule has 1 saturated carbocycles. The van der Waals surface area contributed by atoms with Crippen LogP contribution in [0.2, 0.25) is 0 Å². The zero-order chi connectivity index (χ0) is 15.9. The molecule has 4 N–H and O–H groups in total. The topological polar surface area (TPSA) is 98.7 Å². The molecule has 2 amide bonds. The summed E-state index contributed by atoms with van der Waals surface area (Å²) in [6.45, 7) is -0.177. The van der Waals surface area contributed by atoms with Crippen molar-refractivity contribution in [3.05, 3.63) is 35.9 Å². The number of aliphatic hydroxyl groups is 1. The molecule has 120 valence electrons. The van der Waals surface area contributed by atoms with Gasteiger partial charge in [0.15, 0.2) is 0 Å². The summed E-state index contributed by atoms with van der Waals surface area (Å²) >= 11 is 0. The van der Waals surface area contributed by atoms with Crippen LogP contribution < -0.4 is 10.6 Å². The van der Waals surface area contributed by atoms with Gasteiger partial charge in [-0.2, -0.15) is 0 Å². The molecule has 0 radical (unpaired) electrons. The number of aliphatic hydroxyl groups excluding tert-OH is 1. The molecule has 1 atom stereocenters. The Kier molecular flexibility index (Phi) is 5.77. The van der Waals surface area contributed by atoms with Crippen molar-refractivity contribution in [3.8, 4) is 0 Å². The van der Waals surface area contributed by atoms with E-state index in [1.54, 1.807) is 0 Å². The number of carboxylic acids is 1. The minimum atomic E-state index is -0.757. The molecule has 0 heterocycles. The van der Waals surface area contributed by atoms with E-state index in [4.69, 9.17) is 5.11 Å². The first-order chi connectivity index (χ1) is 10.6. The highest BCUT2D eigenvalue weighted by Gasteiger charge is 2.27. The quantitative estimate of drug-likeness (QED) is 0.665. The van der Waals surface area contributed by atoms with Gasteiger partial charge in [-0.05, 0) is 31.2 Å². The molecule has 0 saturated heterocycles. The van der Waals surface area contributed by atoms with Crippen LogP contribution in [0.15, 0.2) is 30.3 Å². The number of benzene rings is 1. The molecule has 1 unspecified atom stereocenters. The summed E-state index contributed by atoms with van der Waals surface area (Å²) in [6, 6.07) is 8.48. The van der Waals surface area contributed by atoms with Crippen LogP contribution >= 0.6 is 0 Å². The molecule has 6 nitrogen and oxygen atoms in total. The van der Waals surface area contributed by atoms with E-state index in [0.29, 0.717) is 25.7 Å². The van der Waals surface area contributed by atoms with E-state index in [9.17, 15) is 14.7 Å². The van der Waals surface area contributed by atoms with Crippen molar-refractivity contribution < 1.29 is 19.8 Å². The van der Waals surface area contributed by atoms with E-state index >= 15 is 0 Å². The highest BCUT2D eigenvalue weighted by Crippen LogP contribution is 2.24. The summed E-state index contributed by atoms with van der Waals surface area (Å²) in [5, 5.41) is 24.0. The number of carbonyl (C=O) groups excluding carboxylic acids is 1. The van der Waals surface area contributed by atoms with Crippen LogP contribution in [0, 0.1) is 5.92 Å². The zero-order valence-corrected chi connectivity index (χ0v) is 12.4. The van der Waals surface area contributed by atoms with Gasteiger partial charge >= 0.3 is 12.0 Å². The maximum Gasteiger partial charge on any atom is 0.315 e. The fourth-order valence-electron chi connectivity index (χ4n) is 2.79. The number of amides is 2. The fourth-order valence-corrected chi connectivity index (χ4v) is 2.79. The number of hydrogen-bond acceptors (Lipinski definition) is 3. The molecule has 0 bridgehead atoms. The Morgan fingerprint density at radius 1 is 1.14 bits per heavy atom. The zero-order valence-electron chi connectivity index (χ0n) is 12.4. The molecule has 1 aromatic carbocycles. The van der Waals surface area contributed by atoms with Crippen LogP contribution in [0.5, 0.6) is 0 Å². The van der Waals surface area contributed by atoms with Crippen molar-refractivity contribution in [2.75, 3.05) is 6.61 Å². The summed E-state index contributed by atoms with van der Waals surface area (Å²) in [5.74, 6) is -1.05. The Hall–Kier alpha value is -2.08. The van der Waals surface area contributed by atoms with Crippen molar-refractivity contribution >= 4 is 12.0 Å². The molecule has 0 spiro atoms. The minimum Gasteiger partial charge on any atom is -0.481 e. The van der Waals surface area contributed by atoms with E-state index in [0.717, 1.165) is 5.56 Å². The average Bonchev–Trinajstić information content (AvgIpc) is 2.54. The standard InChI is InChI=1S/C16H22N2O4/c19-10-14(11-4-2-1-3-5-11)18-16(22)17-13-8-6-12(7-9-13)15(20)21/h1-5,12-14,19H,6-10H2,(H,20,21)(H2,17,18,22). The van der Waals surface area contributed by atoms with E-state index in [-0.39, 0.29) is 24.6 Å². The first-order valence-electron chi connectivity index (χ1n) is 7.55. The average molecular weight is 306 g/mol. The van der Waals surface area contributed by atoms with E-state index in [1.165, 1.54) is 0 Å². The molecule has 0 aliphatic heterocycles. The van der Waals surface area contributed by atoms with Gasteiger partial charge in [0.1, 0.15) is 0 Å². The lowest BCUT2D eigenvalue weighted by Crippen LogP contribution is -2.45. The number of hydrogen-bond donors (Lipinski definition) is 4. The van der Waals surface area contributed by atoms with Gasteiger partial charge in [-0.15, -0.1) is 0 Å². The largest absolute Gasteiger partial charge is 0.481 e. The van der Waals surface area contributed by atoms with Crippen molar-refractivity contribution in [2.45, 2.75) is 37.8 Å². The Balaban J connectivity index is 1.81. The number of rotatable bonds is 5. The molecule has 6 heteroatoms. The molecule has 1 aromatic rings.